The van der Waals surface area contributed by atoms with Crippen molar-refractivity contribution in [1.82, 2.24) is 5.32 Å². The Hall–Kier alpha value is -0.230. The zero-order valence-corrected chi connectivity index (χ0v) is 12.4. The van der Waals surface area contributed by atoms with Crippen molar-refractivity contribution in [3.63, 3.8) is 0 Å². The van der Waals surface area contributed by atoms with E-state index >= 15 is 0 Å². The SMILES string of the molecule is COC(=O)C(CCSC)NC(=O)C(C)(C)Br. The smallest absolute Gasteiger partial charge is 0.328 e. The molecule has 1 unspecified atom stereocenters. The summed E-state index contributed by atoms with van der Waals surface area (Å²) in [6.45, 7) is 3.45. The van der Waals surface area contributed by atoms with E-state index in [1.165, 1.54) is 7.11 Å². The molecule has 0 bridgehead atoms. The van der Waals surface area contributed by atoms with Crippen LogP contribution in [0.2, 0.25) is 0 Å². The second-order valence-electron chi connectivity index (χ2n) is 3.80. The lowest BCUT2D eigenvalue weighted by Gasteiger charge is -2.21. The minimum Gasteiger partial charge on any atom is -0.467 e. The molecule has 0 heterocycles. The number of hydrogen-bond donors (Lipinski definition) is 1. The molecule has 16 heavy (non-hydrogen) atoms. The Morgan fingerprint density at radius 3 is 2.44 bits per heavy atom. The lowest BCUT2D eigenvalue weighted by Crippen LogP contribution is -2.47. The molecule has 4 nitrogen and oxygen atoms in total. The fraction of sp³-hybridized carbons (Fsp3) is 0.800. The number of rotatable bonds is 6. The molecular weight excluding hydrogens is 294 g/mol. The van der Waals surface area contributed by atoms with E-state index in [0.29, 0.717) is 6.42 Å². The average Bonchev–Trinajstić information content (AvgIpc) is 2.21. The van der Waals surface area contributed by atoms with Crippen LogP contribution in [0, 0.1) is 0 Å². The molecule has 0 aliphatic carbocycles. The van der Waals surface area contributed by atoms with Crippen LogP contribution < -0.4 is 5.32 Å². The highest BCUT2D eigenvalue weighted by molar-refractivity contribution is 9.10. The van der Waals surface area contributed by atoms with Crippen LogP contribution in [0.5, 0.6) is 0 Å². The lowest BCUT2D eigenvalue weighted by molar-refractivity contribution is -0.145. The zero-order chi connectivity index (χ0) is 12.8. The summed E-state index contributed by atoms with van der Waals surface area (Å²) in [5, 5.41) is 2.67. The number of hydrogen-bond acceptors (Lipinski definition) is 4. The molecule has 1 N–H and O–H groups in total. The largest absolute Gasteiger partial charge is 0.467 e. The Balaban J connectivity index is 4.42. The van der Waals surface area contributed by atoms with Gasteiger partial charge in [0.15, 0.2) is 0 Å². The standard InChI is InChI=1S/C10H18BrNO3S/c1-10(2,11)9(14)12-7(5-6-16-4)8(13)15-3/h7H,5-6H2,1-4H3,(H,12,14). The molecule has 0 aromatic heterocycles. The maximum absolute atomic E-state index is 11.7. The molecule has 94 valence electrons. The summed E-state index contributed by atoms with van der Waals surface area (Å²) in [7, 11) is 1.32. The van der Waals surface area contributed by atoms with E-state index in [2.05, 4.69) is 26.0 Å². The zero-order valence-electron chi connectivity index (χ0n) is 10.0. The number of amides is 1. The van der Waals surface area contributed by atoms with Crippen LogP contribution in [0.4, 0.5) is 0 Å². The van der Waals surface area contributed by atoms with E-state index in [9.17, 15) is 9.59 Å². The van der Waals surface area contributed by atoms with E-state index in [-0.39, 0.29) is 5.91 Å². The van der Waals surface area contributed by atoms with E-state index < -0.39 is 16.3 Å². The quantitative estimate of drug-likeness (QED) is 0.597. The van der Waals surface area contributed by atoms with Gasteiger partial charge in [0.05, 0.1) is 11.4 Å². The van der Waals surface area contributed by atoms with Crippen molar-refractivity contribution in [3.05, 3.63) is 0 Å². The summed E-state index contributed by atoms with van der Waals surface area (Å²) < 4.78 is 3.96. The van der Waals surface area contributed by atoms with E-state index in [1.807, 2.05) is 6.26 Å². The fourth-order valence-electron chi connectivity index (χ4n) is 0.957. The number of methoxy groups -OCH3 is 1. The van der Waals surface area contributed by atoms with Crippen molar-refractivity contribution in [3.8, 4) is 0 Å². The molecule has 0 aromatic rings. The first-order valence-electron chi connectivity index (χ1n) is 4.89. The van der Waals surface area contributed by atoms with Gasteiger partial charge in [0.1, 0.15) is 6.04 Å². The first kappa shape index (κ1) is 15.8. The molecule has 0 aliphatic rings. The molecule has 0 saturated carbocycles. The van der Waals surface area contributed by atoms with Gasteiger partial charge in [0, 0.05) is 0 Å². The molecule has 6 heteroatoms. The van der Waals surface area contributed by atoms with Crippen molar-refractivity contribution in [2.24, 2.45) is 0 Å². The van der Waals surface area contributed by atoms with Crippen LogP contribution in [0.15, 0.2) is 0 Å². The normalized spacial score (nSPS) is 13.1. The van der Waals surface area contributed by atoms with Gasteiger partial charge in [-0.3, -0.25) is 4.79 Å². The minimum atomic E-state index is -0.682. The number of esters is 1. The summed E-state index contributed by atoms with van der Waals surface area (Å²) in [4.78, 5) is 23.1. The highest BCUT2D eigenvalue weighted by Gasteiger charge is 2.29. The molecule has 0 rings (SSSR count). The van der Waals surface area contributed by atoms with Crippen molar-refractivity contribution in [1.29, 1.82) is 0 Å². The third-order valence-corrected chi connectivity index (χ3v) is 2.95. The maximum Gasteiger partial charge on any atom is 0.328 e. The molecular formula is C10H18BrNO3S. The number of halogens is 1. The number of carbonyl (C=O) groups excluding carboxylic acids is 2. The van der Waals surface area contributed by atoms with Gasteiger partial charge in [-0.1, -0.05) is 15.9 Å². The van der Waals surface area contributed by atoms with Crippen molar-refractivity contribution >= 4 is 39.6 Å². The van der Waals surface area contributed by atoms with Crippen LogP contribution in [0.1, 0.15) is 20.3 Å². The van der Waals surface area contributed by atoms with Crippen molar-refractivity contribution < 1.29 is 14.3 Å². The predicted molar refractivity (Wildman–Crippen MR) is 70.0 cm³/mol. The van der Waals surface area contributed by atoms with E-state index in [0.717, 1.165) is 5.75 Å². The first-order chi connectivity index (χ1) is 7.32. The number of alkyl halides is 1. The summed E-state index contributed by atoms with van der Waals surface area (Å²) in [5.41, 5.74) is 0. The summed E-state index contributed by atoms with van der Waals surface area (Å²) in [6, 6.07) is -0.568. The maximum atomic E-state index is 11.7. The number of ether oxygens (including phenoxy) is 1. The van der Waals surface area contributed by atoms with Crippen LogP contribution in [0.25, 0.3) is 0 Å². The highest BCUT2D eigenvalue weighted by Crippen LogP contribution is 2.16. The summed E-state index contributed by atoms with van der Waals surface area (Å²) in [6.07, 6.45) is 2.52. The second-order valence-corrected chi connectivity index (χ2v) is 6.77. The number of carbonyl (C=O) groups is 2. The Labute approximate surface area is 109 Å². The average molecular weight is 312 g/mol. The molecule has 1 atom stereocenters. The van der Waals surface area contributed by atoms with Gasteiger partial charge >= 0.3 is 5.97 Å². The van der Waals surface area contributed by atoms with Gasteiger partial charge in [-0.25, -0.2) is 4.79 Å². The van der Waals surface area contributed by atoms with Crippen LogP contribution in [-0.2, 0) is 14.3 Å². The minimum absolute atomic E-state index is 0.219. The number of thioether (sulfide) groups is 1. The van der Waals surface area contributed by atoms with Crippen molar-refractivity contribution in [2.75, 3.05) is 19.1 Å². The highest BCUT2D eigenvalue weighted by atomic mass is 79.9. The van der Waals surface area contributed by atoms with E-state index in [4.69, 9.17) is 0 Å². The second kappa shape index (κ2) is 7.17. The van der Waals surface area contributed by atoms with E-state index in [1.54, 1.807) is 25.6 Å². The van der Waals surface area contributed by atoms with Gasteiger partial charge in [-0.05, 0) is 32.3 Å². The molecule has 1 amide bonds. The monoisotopic (exact) mass is 311 g/mol. The third-order valence-electron chi connectivity index (χ3n) is 1.94. The molecule has 0 radical (unpaired) electrons. The van der Waals surface area contributed by atoms with Gasteiger partial charge < -0.3 is 10.1 Å². The van der Waals surface area contributed by atoms with Crippen LogP contribution in [-0.4, -0.2) is 41.4 Å². The van der Waals surface area contributed by atoms with Crippen molar-refractivity contribution in [2.45, 2.75) is 30.6 Å². The molecule has 0 aromatic carbocycles. The Morgan fingerprint density at radius 2 is 2.06 bits per heavy atom. The van der Waals surface area contributed by atoms with Gasteiger partial charge in [-0.15, -0.1) is 0 Å². The first-order valence-corrected chi connectivity index (χ1v) is 7.08. The van der Waals surface area contributed by atoms with Crippen LogP contribution in [0.3, 0.4) is 0 Å². The molecule has 0 aliphatic heterocycles. The molecule has 0 spiro atoms. The third kappa shape index (κ3) is 5.75. The molecule has 0 saturated heterocycles. The van der Waals surface area contributed by atoms with Crippen LogP contribution >= 0.6 is 27.7 Å². The Bertz CT molecular complexity index is 253. The lowest BCUT2D eigenvalue weighted by atomic mass is 10.1. The molecule has 0 fully saturated rings. The van der Waals surface area contributed by atoms with Gasteiger partial charge in [0.2, 0.25) is 5.91 Å². The summed E-state index contributed by atoms with van der Waals surface area (Å²) >= 11 is 4.86. The topological polar surface area (TPSA) is 55.4 Å². The van der Waals surface area contributed by atoms with Gasteiger partial charge in [-0.2, -0.15) is 11.8 Å². The predicted octanol–water partition coefficient (Wildman–Crippen LogP) is 1.57. The fourth-order valence-corrected chi connectivity index (χ4v) is 1.54. The summed E-state index contributed by atoms with van der Waals surface area (Å²) in [5.74, 6) is 0.172. The Morgan fingerprint density at radius 1 is 1.50 bits per heavy atom. The number of nitrogens with one attached hydrogen (secondary N) is 1. The Kier molecular flexibility index (Phi) is 7.06. The van der Waals surface area contributed by atoms with Gasteiger partial charge in [0.25, 0.3) is 0 Å².